The summed E-state index contributed by atoms with van der Waals surface area (Å²) in [5.74, 6) is -1.18. The first-order valence-electron chi connectivity index (χ1n) is 7.62. The second-order valence-corrected chi connectivity index (χ2v) is 5.34. The lowest BCUT2D eigenvalue weighted by Gasteiger charge is -2.15. The fourth-order valence-corrected chi connectivity index (χ4v) is 2.59. The van der Waals surface area contributed by atoms with E-state index in [1.165, 1.54) is 17.2 Å². The Morgan fingerprint density at radius 3 is 2.67 bits per heavy atom. The number of aromatic carboxylic acids is 1. The second kappa shape index (κ2) is 6.72. The SMILES string of the molecule is CCOc1cc2c(cc1C(=O)O)CN(OCc1ccccc1)C2=O. The third kappa shape index (κ3) is 3.09. The van der Waals surface area contributed by atoms with Crippen LogP contribution in [0.1, 0.15) is 38.8 Å². The normalized spacial score (nSPS) is 13.0. The highest BCUT2D eigenvalue weighted by molar-refractivity contribution is 6.00. The van der Waals surface area contributed by atoms with Gasteiger partial charge in [-0.15, -0.1) is 0 Å². The van der Waals surface area contributed by atoms with Gasteiger partial charge in [0, 0.05) is 0 Å². The quantitative estimate of drug-likeness (QED) is 0.883. The van der Waals surface area contributed by atoms with Crippen molar-refractivity contribution >= 4 is 11.9 Å². The van der Waals surface area contributed by atoms with Crippen LogP contribution in [-0.2, 0) is 18.0 Å². The van der Waals surface area contributed by atoms with Gasteiger partial charge < -0.3 is 9.84 Å². The molecule has 6 heteroatoms. The molecule has 0 radical (unpaired) electrons. The highest BCUT2D eigenvalue weighted by Gasteiger charge is 2.31. The average Bonchev–Trinajstić information content (AvgIpc) is 2.89. The molecule has 6 nitrogen and oxygen atoms in total. The number of nitrogens with zero attached hydrogens (tertiary/aromatic N) is 1. The summed E-state index contributed by atoms with van der Waals surface area (Å²) < 4.78 is 5.34. The third-order valence-electron chi connectivity index (χ3n) is 3.74. The van der Waals surface area contributed by atoms with Crippen LogP contribution in [-0.4, -0.2) is 28.7 Å². The van der Waals surface area contributed by atoms with Gasteiger partial charge in [0.25, 0.3) is 5.91 Å². The van der Waals surface area contributed by atoms with Crippen molar-refractivity contribution in [3.63, 3.8) is 0 Å². The van der Waals surface area contributed by atoms with Crippen molar-refractivity contribution in [3.05, 3.63) is 64.7 Å². The fraction of sp³-hybridized carbons (Fsp3) is 0.222. The zero-order valence-corrected chi connectivity index (χ0v) is 13.2. The number of carboxylic acids is 1. The number of carboxylic acid groups (broad SMARTS) is 1. The molecule has 1 N–H and O–H groups in total. The molecule has 0 fully saturated rings. The van der Waals surface area contributed by atoms with E-state index < -0.39 is 5.97 Å². The number of carbonyl (C=O) groups excluding carboxylic acids is 1. The number of ether oxygens (including phenoxy) is 1. The molecule has 1 aliphatic rings. The van der Waals surface area contributed by atoms with E-state index in [-0.39, 0.29) is 30.4 Å². The van der Waals surface area contributed by atoms with Crippen molar-refractivity contribution in [2.75, 3.05) is 6.61 Å². The third-order valence-corrected chi connectivity index (χ3v) is 3.74. The van der Waals surface area contributed by atoms with E-state index in [0.717, 1.165) is 5.56 Å². The summed E-state index contributed by atoms with van der Waals surface area (Å²) in [5, 5.41) is 10.5. The van der Waals surface area contributed by atoms with Gasteiger partial charge in [0.05, 0.1) is 18.7 Å². The molecule has 0 aliphatic carbocycles. The Bertz CT molecular complexity index is 772. The topological polar surface area (TPSA) is 76.1 Å². The maximum absolute atomic E-state index is 12.5. The maximum Gasteiger partial charge on any atom is 0.339 e. The molecule has 0 saturated heterocycles. The van der Waals surface area contributed by atoms with Crippen molar-refractivity contribution in [1.82, 2.24) is 5.06 Å². The monoisotopic (exact) mass is 327 g/mol. The van der Waals surface area contributed by atoms with Gasteiger partial charge in [-0.25, -0.2) is 9.86 Å². The molecule has 1 heterocycles. The van der Waals surface area contributed by atoms with Crippen LogP contribution in [0.25, 0.3) is 0 Å². The van der Waals surface area contributed by atoms with Crippen molar-refractivity contribution in [1.29, 1.82) is 0 Å². The molecule has 2 aromatic rings. The van der Waals surface area contributed by atoms with Crippen LogP contribution < -0.4 is 4.74 Å². The number of amides is 1. The van der Waals surface area contributed by atoms with E-state index in [1.807, 2.05) is 30.3 Å². The summed E-state index contributed by atoms with van der Waals surface area (Å²) in [6.07, 6.45) is 0. The van der Waals surface area contributed by atoms with Gasteiger partial charge in [-0.1, -0.05) is 30.3 Å². The predicted octanol–water partition coefficient (Wildman–Crippen LogP) is 2.87. The molecule has 2 aromatic carbocycles. The largest absolute Gasteiger partial charge is 0.493 e. The van der Waals surface area contributed by atoms with Gasteiger partial charge in [-0.3, -0.25) is 9.63 Å². The van der Waals surface area contributed by atoms with Gasteiger partial charge in [0.1, 0.15) is 17.9 Å². The summed E-state index contributed by atoms with van der Waals surface area (Å²) in [5.41, 5.74) is 2.03. The number of carbonyl (C=O) groups is 2. The number of rotatable bonds is 6. The molecule has 1 amide bonds. The number of hydrogen-bond acceptors (Lipinski definition) is 4. The minimum absolute atomic E-state index is 0.0494. The van der Waals surface area contributed by atoms with Crippen molar-refractivity contribution in [3.8, 4) is 5.75 Å². The van der Waals surface area contributed by atoms with Crippen molar-refractivity contribution in [2.45, 2.75) is 20.1 Å². The first-order chi connectivity index (χ1) is 11.6. The lowest BCUT2D eigenvalue weighted by molar-refractivity contribution is -0.134. The Labute approximate surface area is 139 Å². The van der Waals surface area contributed by atoms with Crippen LogP contribution in [0, 0.1) is 0 Å². The van der Waals surface area contributed by atoms with E-state index in [2.05, 4.69) is 0 Å². The highest BCUT2D eigenvalue weighted by atomic mass is 16.7. The molecule has 1 aliphatic heterocycles. The lowest BCUT2D eigenvalue weighted by Crippen LogP contribution is -2.24. The number of fused-ring (bicyclic) bond motifs is 1. The first-order valence-corrected chi connectivity index (χ1v) is 7.62. The molecule has 0 aromatic heterocycles. The molecule has 3 rings (SSSR count). The zero-order valence-electron chi connectivity index (χ0n) is 13.2. The van der Waals surface area contributed by atoms with Crippen LogP contribution in [0.15, 0.2) is 42.5 Å². The Hall–Kier alpha value is -2.86. The second-order valence-electron chi connectivity index (χ2n) is 5.34. The number of benzene rings is 2. The molecule has 0 saturated carbocycles. The smallest absolute Gasteiger partial charge is 0.339 e. The van der Waals surface area contributed by atoms with Gasteiger partial charge >= 0.3 is 5.97 Å². The van der Waals surface area contributed by atoms with E-state index >= 15 is 0 Å². The van der Waals surface area contributed by atoms with Crippen LogP contribution in [0.2, 0.25) is 0 Å². The summed E-state index contributed by atoms with van der Waals surface area (Å²) in [4.78, 5) is 29.4. The Kier molecular flexibility index (Phi) is 4.48. The summed E-state index contributed by atoms with van der Waals surface area (Å²) in [6, 6.07) is 12.5. The molecular formula is C18H17NO5. The number of hydrogen-bond donors (Lipinski definition) is 1. The molecule has 24 heavy (non-hydrogen) atoms. The molecule has 0 spiro atoms. The van der Waals surface area contributed by atoms with Gasteiger partial charge in [-0.05, 0) is 30.2 Å². The molecule has 0 bridgehead atoms. The van der Waals surface area contributed by atoms with Crippen LogP contribution >= 0.6 is 0 Å². The lowest BCUT2D eigenvalue weighted by atomic mass is 10.0. The zero-order chi connectivity index (χ0) is 17.1. The fourth-order valence-electron chi connectivity index (χ4n) is 2.59. The van der Waals surface area contributed by atoms with E-state index in [4.69, 9.17) is 9.57 Å². The van der Waals surface area contributed by atoms with Gasteiger partial charge in [-0.2, -0.15) is 0 Å². The first kappa shape index (κ1) is 16.0. The van der Waals surface area contributed by atoms with E-state index in [1.54, 1.807) is 6.92 Å². The molecular weight excluding hydrogens is 310 g/mol. The van der Waals surface area contributed by atoms with Gasteiger partial charge in [0.15, 0.2) is 0 Å². The van der Waals surface area contributed by atoms with Gasteiger partial charge in [0.2, 0.25) is 0 Å². The summed E-state index contributed by atoms with van der Waals surface area (Å²) in [7, 11) is 0. The van der Waals surface area contributed by atoms with Crippen LogP contribution in [0.3, 0.4) is 0 Å². The molecule has 124 valence electrons. The summed E-state index contributed by atoms with van der Waals surface area (Å²) in [6.45, 7) is 2.57. The standard InChI is InChI=1S/C18H17NO5/c1-2-23-16-9-14-13(8-15(16)18(21)22)10-19(17(14)20)24-11-12-6-4-3-5-7-12/h3-9H,2,10-11H2,1H3,(H,21,22). The van der Waals surface area contributed by atoms with Crippen LogP contribution in [0.4, 0.5) is 0 Å². The van der Waals surface area contributed by atoms with Crippen LogP contribution in [0.5, 0.6) is 5.75 Å². The minimum atomic E-state index is -1.09. The average molecular weight is 327 g/mol. The Morgan fingerprint density at radius 1 is 1.25 bits per heavy atom. The van der Waals surface area contributed by atoms with Crippen molar-refractivity contribution in [2.24, 2.45) is 0 Å². The van der Waals surface area contributed by atoms with Crippen molar-refractivity contribution < 1.29 is 24.3 Å². The summed E-state index contributed by atoms with van der Waals surface area (Å²) >= 11 is 0. The number of hydroxylamine groups is 2. The molecule has 0 unspecified atom stereocenters. The van der Waals surface area contributed by atoms with E-state index in [0.29, 0.717) is 17.7 Å². The Morgan fingerprint density at radius 2 is 2.00 bits per heavy atom. The Balaban J connectivity index is 1.80. The predicted molar refractivity (Wildman–Crippen MR) is 85.7 cm³/mol. The van der Waals surface area contributed by atoms with E-state index in [9.17, 15) is 14.7 Å². The molecule has 0 atom stereocenters. The maximum atomic E-state index is 12.5. The minimum Gasteiger partial charge on any atom is -0.493 e. The highest BCUT2D eigenvalue weighted by Crippen LogP contribution is 2.31.